The van der Waals surface area contributed by atoms with Crippen molar-refractivity contribution in [3.05, 3.63) is 34.6 Å². The van der Waals surface area contributed by atoms with Crippen LogP contribution in [0.4, 0.5) is 5.82 Å². The molecule has 1 saturated carbocycles. The number of anilines is 1. The maximum atomic E-state index is 13.9. The molecule has 3 aliphatic heterocycles. The molecule has 1 aromatic heterocycles. The van der Waals surface area contributed by atoms with Gasteiger partial charge in [0, 0.05) is 37.3 Å². The fourth-order valence-corrected chi connectivity index (χ4v) is 8.09. The first kappa shape index (κ1) is 26.8. The van der Waals surface area contributed by atoms with Gasteiger partial charge < -0.3 is 19.9 Å². The lowest BCUT2D eigenvalue weighted by molar-refractivity contribution is -0.143. The lowest BCUT2D eigenvalue weighted by Crippen LogP contribution is -2.50. The minimum absolute atomic E-state index is 0.00193. The van der Waals surface area contributed by atoms with Crippen LogP contribution in [0, 0.1) is 5.92 Å². The van der Waals surface area contributed by atoms with Crippen LogP contribution in [-0.2, 0) is 4.79 Å². The second-order valence-corrected chi connectivity index (χ2v) is 12.5. The van der Waals surface area contributed by atoms with Crippen LogP contribution in [0.2, 0.25) is 0 Å². The molecule has 2 bridgehead atoms. The van der Waals surface area contributed by atoms with E-state index >= 15 is 0 Å². The number of aliphatic carboxylic acids is 1. The van der Waals surface area contributed by atoms with Gasteiger partial charge in [0.05, 0.1) is 17.0 Å². The van der Waals surface area contributed by atoms with Crippen LogP contribution in [0.3, 0.4) is 0 Å². The van der Waals surface area contributed by atoms with Gasteiger partial charge in [0.15, 0.2) is 5.82 Å². The van der Waals surface area contributed by atoms with Gasteiger partial charge in [0.1, 0.15) is 0 Å². The van der Waals surface area contributed by atoms with E-state index < -0.39 is 5.97 Å². The molecule has 0 spiro atoms. The Morgan fingerprint density at radius 2 is 1.54 bits per heavy atom. The number of nitrogens with zero attached hydrogens (tertiary/aromatic N) is 4. The summed E-state index contributed by atoms with van der Waals surface area (Å²) in [5, 5.41) is 12.6. The third-order valence-electron chi connectivity index (χ3n) is 10.1. The molecule has 8 heteroatoms. The fourth-order valence-electron chi connectivity index (χ4n) is 8.09. The van der Waals surface area contributed by atoms with Crippen molar-refractivity contribution in [2.75, 3.05) is 31.5 Å². The second kappa shape index (κ2) is 12.0. The zero-order chi connectivity index (χ0) is 26.8. The van der Waals surface area contributed by atoms with Crippen LogP contribution in [0.5, 0.6) is 0 Å². The van der Waals surface area contributed by atoms with E-state index in [0.29, 0.717) is 37.3 Å². The Labute approximate surface area is 231 Å². The molecule has 2 unspecified atom stereocenters. The van der Waals surface area contributed by atoms with E-state index in [1.165, 1.54) is 57.8 Å². The summed E-state index contributed by atoms with van der Waals surface area (Å²) in [7, 11) is 0. The molecule has 4 fully saturated rings. The van der Waals surface area contributed by atoms with Gasteiger partial charge in [-0.05, 0) is 76.6 Å². The van der Waals surface area contributed by atoms with Gasteiger partial charge in [0.25, 0.3) is 5.56 Å². The third kappa shape index (κ3) is 5.73. The van der Waals surface area contributed by atoms with E-state index in [9.17, 15) is 14.7 Å². The zero-order valence-electron chi connectivity index (χ0n) is 23.3. The second-order valence-electron chi connectivity index (χ2n) is 12.5. The number of carboxylic acids is 1. The Balaban J connectivity index is 1.17. The van der Waals surface area contributed by atoms with Crippen molar-refractivity contribution in [2.24, 2.45) is 5.92 Å². The minimum atomic E-state index is -0.683. The first-order valence-electron chi connectivity index (χ1n) is 15.6. The van der Waals surface area contributed by atoms with Crippen molar-refractivity contribution in [1.82, 2.24) is 19.4 Å². The highest BCUT2D eigenvalue weighted by Crippen LogP contribution is 2.44. The Hall–Kier alpha value is -2.45. The highest BCUT2D eigenvalue weighted by molar-refractivity contribution is 5.76. The molecule has 1 aromatic carbocycles. The molecule has 8 nitrogen and oxygen atoms in total. The lowest BCUT2D eigenvalue weighted by Gasteiger charge is -2.45. The van der Waals surface area contributed by atoms with Gasteiger partial charge in [0.2, 0.25) is 0 Å². The molecular weight excluding hydrogens is 490 g/mol. The summed E-state index contributed by atoms with van der Waals surface area (Å²) in [6.07, 6.45) is 15.6. The average molecular weight is 536 g/mol. The first-order valence-corrected chi connectivity index (χ1v) is 15.6. The van der Waals surface area contributed by atoms with E-state index in [1.807, 2.05) is 18.2 Å². The van der Waals surface area contributed by atoms with Crippen molar-refractivity contribution in [1.29, 1.82) is 0 Å². The van der Waals surface area contributed by atoms with Crippen LogP contribution >= 0.6 is 0 Å². The van der Waals surface area contributed by atoms with Gasteiger partial charge in [-0.3, -0.25) is 14.5 Å². The number of likely N-dealkylation sites (tertiary alicyclic amines) is 1. The summed E-state index contributed by atoms with van der Waals surface area (Å²) in [6, 6.07) is 10.2. The molecule has 2 aromatic rings. The van der Waals surface area contributed by atoms with Gasteiger partial charge in [-0.15, -0.1) is 0 Å². The van der Waals surface area contributed by atoms with Gasteiger partial charge >= 0.3 is 5.97 Å². The monoisotopic (exact) mass is 535 g/mol. The summed E-state index contributed by atoms with van der Waals surface area (Å²) in [4.78, 5) is 35.1. The number of hydrogen-bond donors (Lipinski definition) is 2. The third-order valence-corrected chi connectivity index (χ3v) is 10.1. The van der Waals surface area contributed by atoms with Crippen molar-refractivity contribution in [3.63, 3.8) is 0 Å². The van der Waals surface area contributed by atoms with Crippen molar-refractivity contribution in [3.8, 4) is 0 Å². The van der Waals surface area contributed by atoms with Crippen LogP contribution in [0.15, 0.2) is 29.1 Å². The lowest BCUT2D eigenvalue weighted by atomic mass is 9.89. The molecule has 3 saturated heterocycles. The average Bonchev–Trinajstić information content (AvgIpc) is 3.18. The molecule has 4 heterocycles. The number of piperidine rings is 2. The van der Waals surface area contributed by atoms with Crippen LogP contribution in [0.1, 0.15) is 89.5 Å². The van der Waals surface area contributed by atoms with Crippen LogP contribution in [-0.4, -0.2) is 74.7 Å². The van der Waals surface area contributed by atoms with E-state index in [1.54, 1.807) is 0 Å². The zero-order valence-corrected chi connectivity index (χ0v) is 23.3. The molecule has 6 rings (SSSR count). The fraction of sp³-hybridized carbons (Fsp3) is 0.710. The number of aromatic nitrogens is 2. The molecule has 4 aliphatic rings. The number of carbonyl (C=O) groups is 1. The normalized spacial score (nSPS) is 27.8. The number of hydrogen-bond acceptors (Lipinski definition) is 6. The largest absolute Gasteiger partial charge is 0.481 e. The van der Waals surface area contributed by atoms with Crippen molar-refractivity contribution < 1.29 is 9.90 Å². The number of carboxylic acid groups (broad SMARTS) is 1. The Bertz CT molecular complexity index is 1180. The number of benzene rings is 1. The topological polar surface area (TPSA) is 90.7 Å². The Kier molecular flexibility index (Phi) is 8.21. The Morgan fingerprint density at radius 1 is 0.872 bits per heavy atom. The SMILES string of the molecule is O=C(O)C1CCN(CCNc2nc3ccccc3n(C3CC4CCC(C3)N4C3CCCCCCC3)c2=O)CC1. The van der Waals surface area contributed by atoms with Gasteiger partial charge in [-0.2, -0.15) is 0 Å². The van der Waals surface area contributed by atoms with Crippen molar-refractivity contribution in [2.45, 2.75) is 108 Å². The highest BCUT2D eigenvalue weighted by Gasteiger charge is 2.44. The minimum Gasteiger partial charge on any atom is -0.481 e. The van der Waals surface area contributed by atoms with E-state index in [-0.39, 0.29) is 17.5 Å². The number of rotatable bonds is 7. The molecule has 1 aliphatic carbocycles. The predicted octanol–water partition coefficient (Wildman–Crippen LogP) is 4.89. The predicted molar refractivity (Wildman–Crippen MR) is 154 cm³/mol. The van der Waals surface area contributed by atoms with Crippen LogP contribution < -0.4 is 10.9 Å². The molecule has 2 N–H and O–H groups in total. The summed E-state index contributed by atoms with van der Waals surface area (Å²) in [5.41, 5.74) is 1.83. The molecule has 0 amide bonds. The smallest absolute Gasteiger partial charge is 0.306 e. The number of nitrogens with one attached hydrogen (secondary N) is 1. The molecule has 39 heavy (non-hydrogen) atoms. The Morgan fingerprint density at radius 3 is 2.23 bits per heavy atom. The van der Waals surface area contributed by atoms with Gasteiger partial charge in [-0.1, -0.05) is 44.2 Å². The first-order chi connectivity index (χ1) is 19.1. The summed E-state index contributed by atoms with van der Waals surface area (Å²) < 4.78 is 2.07. The van der Waals surface area contributed by atoms with E-state index in [0.717, 1.165) is 49.6 Å². The molecule has 2 atom stereocenters. The van der Waals surface area contributed by atoms with E-state index in [4.69, 9.17) is 4.98 Å². The highest BCUT2D eigenvalue weighted by atomic mass is 16.4. The molecular formula is C31H45N5O3. The quantitative estimate of drug-likeness (QED) is 0.522. The number of para-hydroxylation sites is 2. The van der Waals surface area contributed by atoms with Crippen LogP contribution in [0.25, 0.3) is 11.0 Å². The molecule has 212 valence electrons. The summed E-state index contributed by atoms with van der Waals surface area (Å²) in [5.74, 6) is -0.459. The molecule has 0 radical (unpaired) electrons. The van der Waals surface area contributed by atoms with Gasteiger partial charge in [-0.25, -0.2) is 4.98 Å². The standard InChI is InChI=1S/C31H45N5O3/c37-30-29(32-16-19-34-17-14-22(15-18-34)31(38)39)33-27-10-6-7-11-28(27)36(30)26-20-24-12-13-25(21-26)35(24)23-8-4-2-1-3-5-9-23/h6-7,10-11,22-26H,1-5,8-9,12-21H2,(H,32,33)(H,38,39). The summed E-state index contributed by atoms with van der Waals surface area (Å²) in [6.45, 7) is 2.99. The summed E-state index contributed by atoms with van der Waals surface area (Å²) >= 11 is 0. The maximum Gasteiger partial charge on any atom is 0.306 e. The maximum absolute atomic E-state index is 13.9. The number of fused-ring (bicyclic) bond motifs is 3. The van der Waals surface area contributed by atoms with Crippen molar-refractivity contribution >= 4 is 22.8 Å². The van der Waals surface area contributed by atoms with E-state index in [2.05, 4.69) is 25.8 Å².